The topological polar surface area (TPSA) is 76.7 Å². The van der Waals surface area contributed by atoms with Gasteiger partial charge in [0.15, 0.2) is 5.79 Å². The number of carbonyl (C=O) groups is 2. The van der Waals surface area contributed by atoms with Gasteiger partial charge in [0, 0.05) is 19.0 Å². The third-order valence-corrected chi connectivity index (χ3v) is 5.36. The number of carbonyl (C=O) groups excluding carboxylic acids is 2. The van der Waals surface area contributed by atoms with Gasteiger partial charge in [0.05, 0.1) is 24.5 Å². The van der Waals surface area contributed by atoms with Gasteiger partial charge < -0.3 is 20.1 Å². The zero-order chi connectivity index (χ0) is 15.8. The molecule has 0 spiro atoms. The van der Waals surface area contributed by atoms with Crippen LogP contribution in [-0.2, 0) is 19.1 Å². The maximum atomic E-state index is 12.6. The van der Waals surface area contributed by atoms with Gasteiger partial charge in [-0.05, 0) is 39.7 Å². The molecule has 3 rings (SSSR count). The van der Waals surface area contributed by atoms with Crippen LogP contribution >= 0.6 is 0 Å². The van der Waals surface area contributed by atoms with E-state index in [2.05, 4.69) is 10.6 Å². The van der Waals surface area contributed by atoms with E-state index in [0.717, 1.165) is 25.8 Å². The Labute approximate surface area is 131 Å². The van der Waals surface area contributed by atoms with Crippen LogP contribution in [0.5, 0.6) is 0 Å². The molecule has 0 bridgehead atoms. The Bertz CT molecular complexity index is 449. The largest absolute Gasteiger partial charge is 0.355 e. The highest BCUT2D eigenvalue weighted by molar-refractivity contribution is 5.90. The standard InChI is InChI=1S/C16H26N2O4/c1-11(15(2)21-7-8-22-15)14(20)18-10-16(5-6-17-9-16)13(19)12-3-4-12/h11-12,17H,3-10H2,1-2H3,(H,18,20)/t11?,16-/m0/s1. The Morgan fingerprint density at radius 2 is 2.00 bits per heavy atom. The Hall–Kier alpha value is -0.980. The van der Waals surface area contributed by atoms with Crippen molar-refractivity contribution in [2.45, 2.75) is 38.9 Å². The summed E-state index contributed by atoms with van der Waals surface area (Å²) < 4.78 is 11.1. The van der Waals surface area contributed by atoms with Crippen molar-refractivity contribution < 1.29 is 19.1 Å². The summed E-state index contributed by atoms with van der Waals surface area (Å²) in [4.78, 5) is 25.0. The molecule has 2 saturated heterocycles. The van der Waals surface area contributed by atoms with E-state index in [1.807, 2.05) is 6.92 Å². The zero-order valence-corrected chi connectivity index (χ0v) is 13.4. The fraction of sp³-hybridized carbons (Fsp3) is 0.875. The molecule has 2 heterocycles. The maximum absolute atomic E-state index is 12.6. The molecule has 1 aliphatic carbocycles. The lowest BCUT2D eigenvalue weighted by atomic mass is 9.80. The summed E-state index contributed by atoms with van der Waals surface area (Å²) in [6.07, 6.45) is 2.82. The summed E-state index contributed by atoms with van der Waals surface area (Å²) in [6.45, 7) is 6.56. The number of amides is 1. The fourth-order valence-electron chi connectivity index (χ4n) is 3.40. The normalized spacial score (nSPS) is 31.9. The van der Waals surface area contributed by atoms with Crippen LogP contribution in [0.4, 0.5) is 0 Å². The van der Waals surface area contributed by atoms with Crippen LogP contribution in [0.2, 0.25) is 0 Å². The van der Waals surface area contributed by atoms with Crippen molar-refractivity contribution in [1.82, 2.24) is 10.6 Å². The van der Waals surface area contributed by atoms with Crippen LogP contribution in [0.1, 0.15) is 33.1 Å². The van der Waals surface area contributed by atoms with Crippen LogP contribution < -0.4 is 10.6 Å². The summed E-state index contributed by atoms with van der Waals surface area (Å²) >= 11 is 0. The minimum Gasteiger partial charge on any atom is -0.355 e. The van der Waals surface area contributed by atoms with E-state index < -0.39 is 17.1 Å². The third-order valence-electron chi connectivity index (χ3n) is 5.36. The predicted molar refractivity (Wildman–Crippen MR) is 80.1 cm³/mol. The van der Waals surface area contributed by atoms with Crippen LogP contribution in [0.15, 0.2) is 0 Å². The SMILES string of the molecule is CC(C(=O)NC[C@]1(C(=O)C2CC2)CCNC1)C1(C)OCCO1. The molecule has 2 N–H and O–H groups in total. The first-order valence-electron chi connectivity index (χ1n) is 8.28. The fourth-order valence-corrected chi connectivity index (χ4v) is 3.40. The molecule has 0 aromatic rings. The van der Waals surface area contributed by atoms with Gasteiger partial charge in [0.25, 0.3) is 0 Å². The van der Waals surface area contributed by atoms with Crippen molar-refractivity contribution in [3.8, 4) is 0 Å². The Balaban J connectivity index is 1.60. The van der Waals surface area contributed by atoms with E-state index in [4.69, 9.17) is 9.47 Å². The second-order valence-corrected chi connectivity index (χ2v) is 7.00. The molecule has 0 aromatic heterocycles. The van der Waals surface area contributed by atoms with E-state index in [0.29, 0.717) is 32.1 Å². The molecule has 1 amide bonds. The number of ketones is 1. The predicted octanol–water partition coefficient (Wildman–Crippen LogP) is 0.461. The van der Waals surface area contributed by atoms with Gasteiger partial charge in [-0.15, -0.1) is 0 Å². The Morgan fingerprint density at radius 1 is 1.32 bits per heavy atom. The molecule has 2 atom stereocenters. The highest BCUT2D eigenvalue weighted by atomic mass is 16.7. The van der Waals surface area contributed by atoms with Crippen molar-refractivity contribution in [1.29, 1.82) is 0 Å². The number of nitrogens with one attached hydrogen (secondary N) is 2. The monoisotopic (exact) mass is 310 g/mol. The van der Waals surface area contributed by atoms with Crippen LogP contribution in [0.3, 0.4) is 0 Å². The number of hydrogen-bond donors (Lipinski definition) is 2. The molecule has 2 aliphatic heterocycles. The summed E-state index contributed by atoms with van der Waals surface area (Å²) in [5.41, 5.74) is -0.422. The summed E-state index contributed by atoms with van der Waals surface area (Å²) in [5.74, 6) is -0.832. The minimum absolute atomic E-state index is 0.112. The average molecular weight is 310 g/mol. The zero-order valence-electron chi connectivity index (χ0n) is 13.4. The van der Waals surface area contributed by atoms with Gasteiger partial charge in [-0.3, -0.25) is 9.59 Å². The molecule has 1 saturated carbocycles. The molecule has 124 valence electrons. The number of hydrogen-bond acceptors (Lipinski definition) is 5. The minimum atomic E-state index is -0.855. The van der Waals surface area contributed by atoms with Gasteiger partial charge >= 0.3 is 0 Å². The first-order valence-corrected chi connectivity index (χ1v) is 8.28. The second-order valence-electron chi connectivity index (χ2n) is 7.00. The summed E-state index contributed by atoms with van der Waals surface area (Å²) in [7, 11) is 0. The lowest BCUT2D eigenvalue weighted by Gasteiger charge is -2.31. The van der Waals surface area contributed by atoms with E-state index in [1.54, 1.807) is 6.92 Å². The van der Waals surface area contributed by atoms with Gasteiger partial charge in [-0.25, -0.2) is 0 Å². The van der Waals surface area contributed by atoms with Gasteiger partial charge in [0.1, 0.15) is 5.78 Å². The first-order chi connectivity index (χ1) is 10.5. The first kappa shape index (κ1) is 15.9. The quantitative estimate of drug-likeness (QED) is 0.745. The molecule has 22 heavy (non-hydrogen) atoms. The lowest BCUT2D eigenvalue weighted by molar-refractivity contribution is -0.183. The molecule has 0 radical (unpaired) electrons. The number of rotatable bonds is 6. The molecule has 3 aliphatic rings. The van der Waals surface area contributed by atoms with Gasteiger partial charge in [-0.1, -0.05) is 0 Å². The molecular formula is C16H26N2O4. The summed E-state index contributed by atoms with van der Waals surface area (Å²) in [6, 6.07) is 0. The van der Waals surface area contributed by atoms with E-state index in [9.17, 15) is 9.59 Å². The molecular weight excluding hydrogens is 284 g/mol. The van der Waals surface area contributed by atoms with Crippen LogP contribution in [0.25, 0.3) is 0 Å². The van der Waals surface area contributed by atoms with Crippen LogP contribution in [-0.4, -0.2) is 50.3 Å². The maximum Gasteiger partial charge on any atom is 0.228 e. The Kier molecular flexibility index (Phi) is 4.27. The second kappa shape index (κ2) is 5.91. The van der Waals surface area contributed by atoms with E-state index in [1.165, 1.54) is 0 Å². The number of Topliss-reactive ketones (excluding diaryl/α,β-unsaturated/α-hetero) is 1. The average Bonchev–Trinajstić information content (AvgIpc) is 3.08. The van der Waals surface area contributed by atoms with Crippen molar-refractivity contribution in [3.05, 3.63) is 0 Å². The van der Waals surface area contributed by atoms with E-state index >= 15 is 0 Å². The highest BCUT2D eigenvalue weighted by Crippen LogP contribution is 2.40. The smallest absolute Gasteiger partial charge is 0.228 e. The van der Waals surface area contributed by atoms with Gasteiger partial charge in [0.2, 0.25) is 5.91 Å². The third kappa shape index (κ3) is 2.92. The van der Waals surface area contributed by atoms with Crippen molar-refractivity contribution in [3.63, 3.8) is 0 Å². The van der Waals surface area contributed by atoms with Gasteiger partial charge in [-0.2, -0.15) is 0 Å². The Morgan fingerprint density at radius 3 is 2.55 bits per heavy atom. The lowest BCUT2D eigenvalue weighted by Crippen LogP contribution is -2.50. The summed E-state index contributed by atoms with van der Waals surface area (Å²) in [5, 5.41) is 6.24. The van der Waals surface area contributed by atoms with Crippen molar-refractivity contribution in [2.24, 2.45) is 17.3 Å². The molecule has 0 aromatic carbocycles. The molecule has 3 fully saturated rings. The molecule has 6 nitrogen and oxygen atoms in total. The molecule has 1 unspecified atom stereocenters. The van der Waals surface area contributed by atoms with Crippen molar-refractivity contribution >= 4 is 11.7 Å². The van der Waals surface area contributed by atoms with Crippen LogP contribution in [0, 0.1) is 17.3 Å². The number of ether oxygens (including phenoxy) is 2. The molecule has 6 heteroatoms. The highest BCUT2D eigenvalue weighted by Gasteiger charge is 2.48. The van der Waals surface area contributed by atoms with E-state index in [-0.39, 0.29) is 11.8 Å². The van der Waals surface area contributed by atoms with Crippen molar-refractivity contribution in [2.75, 3.05) is 32.8 Å².